The summed E-state index contributed by atoms with van der Waals surface area (Å²) in [7, 11) is 0. The zero-order valence-electron chi connectivity index (χ0n) is 10.8. The molecule has 0 bridgehead atoms. The number of carboxylic acid groups (broad SMARTS) is 1. The molecule has 0 heterocycles. The second-order valence-corrected chi connectivity index (χ2v) is 4.58. The minimum atomic E-state index is -1.27. The molecule has 1 fully saturated rings. The van der Waals surface area contributed by atoms with Gasteiger partial charge in [-0.1, -0.05) is 12.1 Å². The van der Waals surface area contributed by atoms with Crippen molar-refractivity contribution >= 4 is 5.97 Å². The maximum Gasteiger partial charge on any atom is 1.00 e. The Morgan fingerprint density at radius 1 is 1.42 bits per heavy atom. The van der Waals surface area contributed by atoms with E-state index in [2.05, 4.69) is 0 Å². The Kier molecular flexibility index (Phi) is 6.26. The maximum atomic E-state index is 12.6. The summed E-state index contributed by atoms with van der Waals surface area (Å²) in [4.78, 5) is 10.5. The molecule has 4 nitrogen and oxygen atoms in total. The quantitative estimate of drug-likeness (QED) is 0.588. The van der Waals surface area contributed by atoms with Gasteiger partial charge in [-0.15, -0.1) is 0 Å². The number of nitrogens with two attached hydrogens (primary N) is 1. The minimum Gasteiger partial charge on any atom is -0.548 e. The molecule has 1 aliphatic carbocycles. The SMILES string of the molecule is N[C@@H](Cc1ccc(OC2CC([18F])C2)cc1)C(=O)[O-].[Na+]. The van der Waals surface area contributed by atoms with E-state index in [-0.39, 0.29) is 42.1 Å². The molecular formula is C13H15FNNaO3. The van der Waals surface area contributed by atoms with Crippen molar-refractivity contribution < 1.29 is 48.6 Å². The molecule has 1 saturated carbocycles. The van der Waals surface area contributed by atoms with Crippen LogP contribution in [-0.4, -0.2) is 24.3 Å². The van der Waals surface area contributed by atoms with Crippen LogP contribution in [0.25, 0.3) is 0 Å². The zero-order valence-corrected chi connectivity index (χ0v) is 12.8. The van der Waals surface area contributed by atoms with Crippen molar-refractivity contribution in [2.24, 2.45) is 5.73 Å². The summed E-state index contributed by atoms with van der Waals surface area (Å²) in [6.07, 6.45) is 0.319. The summed E-state index contributed by atoms with van der Waals surface area (Å²) in [5.74, 6) is -0.601. The van der Waals surface area contributed by atoms with Gasteiger partial charge in [0.1, 0.15) is 18.0 Å². The van der Waals surface area contributed by atoms with Gasteiger partial charge in [0.2, 0.25) is 0 Å². The van der Waals surface area contributed by atoms with E-state index in [0.29, 0.717) is 18.6 Å². The van der Waals surface area contributed by atoms with E-state index >= 15 is 0 Å². The molecule has 1 aromatic carbocycles. The van der Waals surface area contributed by atoms with Crippen LogP contribution >= 0.6 is 0 Å². The Morgan fingerprint density at radius 2 is 2.00 bits per heavy atom. The molecule has 2 N–H and O–H groups in total. The van der Waals surface area contributed by atoms with Crippen molar-refractivity contribution in [1.29, 1.82) is 0 Å². The van der Waals surface area contributed by atoms with E-state index < -0.39 is 18.2 Å². The molecule has 2 rings (SSSR count). The van der Waals surface area contributed by atoms with Gasteiger partial charge in [0.25, 0.3) is 0 Å². The summed E-state index contributed by atoms with van der Waals surface area (Å²) >= 11 is 0. The Hall–Kier alpha value is -0.620. The van der Waals surface area contributed by atoms with E-state index in [1.807, 2.05) is 0 Å². The Bertz CT molecular complexity index is 420. The van der Waals surface area contributed by atoms with Gasteiger partial charge in [0, 0.05) is 18.9 Å². The average Bonchev–Trinajstić information content (AvgIpc) is 2.29. The first-order chi connectivity index (χ1) is 8.54. The number of carboxylic acids is 1. The number of ether oxygens (including phenoxy) is 1. The first kappa shape index (κ1) is 16.4. The van der Waals surface area contributed by atoms with Gasteiger partial charge in [0.15, 0.2) is 0 Å². The van der Waals surface area contributed by atoms with Crippen LogP contribution in [0, 0.1) is 0 Å². The number of carbonyl (C=O) groups is 1. The number of aliphatic carboxylic acids is 1. The van der Waals surface area contributed by atoms with Crippen LogP contribution in [0.2, 0.25) is 0 Å². The second kappa shape index (κ2) is 7.24. The molecule has 0 spiro atoms. The molecule has 0 unspecified atom stereocenters. The monoisotopic (exact) mass is 274 g/mol. The van der Waals surface area contributed by atoms with Gasteiger partial charge >= 0.3 is 29.6 Å². The van der Waals surface area contributed by atoms with Gasteiger partial charge in [-0.25, -0.2) is 4.39 Å². The summed E-state index contributed by atoms with van der Waals surface area (Å²) in [5, 5.41) is 10.5. The standard InChI is InChI=1S/C13H16FNO3.Na/c14-9-6-11(7-9)18-10-3-1-8(2-4-10)5-12(15)13(16)17;/h1-4,9,11-12H,5-7,15H2,(H,16,17);/q;+1/p-1/t9?,11?,12-;/m0./s1/i14-1;. The van der Waals surface area contributed by atoms with Crippen LogP contribution in [0.1, 0.15) is 18.4 Å². The number of alkyl halides is 1. The molecule has 0 saturated heterocycles. The summed E-state index contributed by atoms with van der Waals surface area (Å²) < 4.78 is 18.1. The Labute approximate surface area is 133 Å². The molecular weight excluding hydrogens is 259 g/mol. The molecule has 0 aromatic heterocycles. The second-order valence-electron chi connectivity index (χ2n) is 4.58. The van der Waals surface area contributed by atoms with Crippen LogP contribution in [0.5, 0.6) is 5.75 Å². The summed E-state index contributed by atoms with van der Waals surface area (Å²) in [5.41, 5.74) is 6.18. The third-order valence-corrected chi connectivity index (χ3v) is 3.02. The first-order valence-corrected chi connectivity index (χ1v) is 5.90. The van der Waals surface area contributed by atoms with Crippen molar-refractivity contribution in [1.82, 2.24) is 0 Å². The summed E-state index contributed by atoms with van der Waals surface area (Å²) in [6, 6.07) is 5.98. The molecule has 0 amide bonds. The molecule has 1 aliphatic rings. The van der Waals surface area contributed by atoms with Crippen LogP contribution in [0.3, 0.4) is 0 Å². The van der Waals surface area contributed by atoms with Crippen molar-refractivity contribution in [3.63, 3.8) is 0 Å². The number of carbonyl (C=O) groups excluding carboxylic acids is 1. The van der Waals surface area contributed by atoms with E-state index in [1.165, 1.54) is 0 Å². The topological polar surface area (TPSA) is 75.4 Å². The van der Waals surface area contributed by atoms with Crippen molar-refractivity contribution in [3.8, 4) is 5.75 Å². The van der Waals surface area contributed by atoms with Crippen LogP contribution in [0.4, 0.5) is 4.39 Å². The molecule has 98 valence electrons. The van der Waals surface area contributed by atoms with Crippen molar-refractivity contribution in [3.05, 3.63) is 29.8 Å². The van der Waals surface area contributed by atoms with Crippen LogP contribution < -0.4 is 45.1 Å². The summed E-state index contributed by atoms with van der Waals surface area (Å²) in [6.45, 7) is 0. The van der Waals surface area contributed by atoms with Gasteiger partial charge < -0.3 is 20.4 Å². The number of hydrogen-bond acceptors (Lipinski definition) is 4. The van der Waals surface area contributed by atoms with Gasteiger partial charge in [-0.3, -0.25) is 0 Å². The normalized spacial score (nSPS) is 22.8. The average molecular weight is 274 g/mol. The third-order valence-electron chi connectivity index (χ3n) is 3.02. The minimum absolute atomic E-state index is 0. The number of hydrogen-bond donors (Lipinski definition) is 1. The van der Waals surface area contributed by atoms with Crippen LogP contribution in [0.15, 0.2) is 24.3 Å². The Balaban J connectivity index is 0.00000180. The molecule has 1 aromatic rings. The maximum absolute atomic E-state index is 12.6. The predicted molar refractivity (Wildman–Crippen MR) is 61.7 cm³/mol. The van der Waals surface area contributed by atoms with E-state index in [0.717, 1.165) is 5.56 Å². The smallest absolute Gasteiger partial charge is 0.548 e. The van der Waals surface area contributed by atoms with E-state index in [4.69, 9.17) is 10.5 Å². The fraction of sp³-hybridized carbons (Fsp3) is 0.462. The molecule has 19 heavy (non-hydrogen) atoms. The van der Waals surface area contributed by atoms with E-state index in [1.54, 1.807) is 24.3 Å². The van der Waals surface area contributed by atoms with Crippen molar-refractivity contribution in [2.45, 2.75) is 37.6 Å². The molecule has 0 radical (unpaired) electrons. The molecule has 1 atom stereocenters. The van der Waals surface area contributed by atoms with Gasteiger partial charge in [-0.05, 0) is 24.1 Å². The Morgan fingerprint density at radius 3 is 2.47 bits per heavy atom. The predicted octanol–water partition coefficient (Wildman–Crippen LogP) is -2.81. The van der Waals surface area contributed by atoms with Crippen LogP contribution in [-0.2, 0) is 11.2 Å². The number of halogens is 1. The number of rotatable bonds is 5. The molecule has 0 aliphatic heterocycles. The van der Waals surface area contributed by atoms with Crippen molar-refractivity contribution in [2.75, 3.05) is 0 Å². The molecule has 6 heteroatoms. The van der Waals surface area contributed by atoms with E-state index in [9.17, 15) is 14.3 Å². The first-order valence-electron chi connectivity index (χ1n) is 5.90. The third kappa shape index (κ3) is 4.76. The fourth-order valence-electron chi connectivity index (χ4n) is 1.83. The fourth-order valence-corrected chi connectivity index (χ4v) is 1.83. The largest absolute Gasteiger partial charge is 1.00 e. The van der Waals surface area contributed by atoms with Gasteiger partial charge in [0.05, 0.1) is 5.97 Å². The van der Waals surface area contributed by atoms with Gasteiger partial charge in [-0.2, -0.15) is 0 Å². The zero-order chi connectivity index (χ0) is 13.1. The number of benzene rings is 1.